The van der Waals surface area contributed by atoms with Crippen LogP contribution in [0.1, 0.15) is 55.6 Å². The van der Waals surface area contributed by atoms with Crippen molar-refractivity contribution >= 4 is 11.4 Å². The molecule has 2 aromatic rings. The van der Waals surface area contributed by atoms with Gasteiger partial charge in [0.1, 0.15) is 0 Å². The minimum Gasteiger partial charge on any atom is -0.392 e. The van der Waals surface area contributed by atoms with E-state index in [9.17, 15) is 10.2 Å². The number of benzene rings is 2. The number of hydrogen-bond acceptors (Lipinski definition) is 4. The smallest absolute Gasteiger partial charge is 0.0716 e. The number of hydrogen-bond donors (Lipinski definition) is 2. The Kier molecular flexibility index (Phi) is 5.92. The summed E-state index contributed by atoms with van der Waals surface area (Å²) < 4.78 is 0. The molecule has 0 spiro atoms. The number of rotatable bonds is 2. The van der Waals surface area contributed by atoms with Crippen molar-refractivity contribution in [1.82, 2.24) is 0 Å². The van der Waals surface area contributed by atoms with Gasteiger partial charge in [-0.05, 0) is 111 Å². The highest BCUT2D eigenvalue weighted by Crippen LogP contribution is 2.46. The van der Waals surface area contributed by atoms with Gasteiger partial charge in [-0.3, -0.25) is 0 Å². The lowest BCUT2D eigenvalue weighted by Gasteiger charge is -2.44. The summed E-state index contributed by atoms with van der Waals surface area (Å²) in [6, 6.07) is 0. The highest BCUT2D eigenvalue weighted by atomic mass is 16.3. The average molecular weight is 487 g/mol. The van der Waals surface area contributed by atoms with Crippen LogP contribution in [0.2, 0.25) is 0 Å². The zero-order valence-electron chi connectivity index (χ0n) is 23.7. The monoisotopic (exact) mass is 486 g/mol. The van der Waals surface area contributed by atoms with Gasteiger partial charge in [0.05, 0.1) is 12.2 Å². The van der Waals surface area contributed by atoms with E-state index < -0.39 is 12.2 Å². The maximum absolute atomic E-state index is 11.2. The van der Waals surface area contributed by atoms with Crippen molar-refractivity contribution in [3.63, 3.8) is 0 Å². The molecule has 4 nitrogen and oxygen atoms in total. The first-order valence-electron chi connectivity index (χ1n) is 13.3. The van der Waals surface area contributed by atoms with Gasteiger partial charge < -0.3 is 20.0 Å². The van der Waals surface area contributed by atoms with Crippen LogP contribution in [-0.2, 0) is 12.8 Å². The third-order valence-corrected chi connectivity index (χ3v) is 10.2. The van der Waals surface area contributed by atoms with Crippen LogP contribution in [0.4, 0.5) is 11.4 Å². The Hall–Kier alpha value is -2.56. The van der Waals surface area contributed by atoms with Gasteiger partial charge in [0.15, 0.2) is 0 Å². The van der Waals surface area contributed by atoms with E-state index in [1.165, 1.54) is 78.4 Å². The Bertz CT molecular complexity index is 1240. The molecule has 3 aliphatic rings. The molecule has 36 heavy (non-hydrogen) atoms. The van der Waals surface area contributed by atoms with Crippen molar-refractivity contribution in [2.75, 3.05) is 23.9 Å². The van der Waals surface area contributed by atoms with E-state index >= 15 is 0 Å². The minimum absolute atomic E-state index is 0.247. The third kappa shape index (κ3) is 3.34. The molecule has 2 aliphatic heterocycles. The fourth-order valence-corrected chi connectivity index (χ4v) is 6.92. The second-order valence-corrected chi connectivity index (χ2v) is 11.6. The molecule has 0 amide bonds. The molecule has 0 atom stereocenters. The van der Waals surface area contributed by atoms with E-state index in [0.29, 0.717) is 0 Å². The SMILES string of the molecule is Cc1c(C)c(C)c2c(c1C)CC(=CC1C(O)C(C=C3Cc4c(C)c(C)c(C)c(C)c4N3C)C1O)N2C. The van der Waals surface area contributed by atoms with E-state index in [-0.39, 0.29) is 11.8 Å². The number of fused-ring (bicyclic) bond motifs is 2. The van der Waals surface area contributed by atoms with Crippen molar-refractivity contribution in [2.45, 2.75) is 80.4 Å². The Labute approximate surface area is 216 Å². The standard InChI is InChI=1S/C32H42N2O2/c1-15-17(3)21(7)29-25(19(15)5)11-23(33(29)9)13-27-31(35)28(32(27)36)14-24-12-26-20(6)16(2)18(4)22(8)30(26)34(24)10/h13-14,27-28,31-32,35-36H,11-12H2,1-10H3. The maximum atomic E-state index is 11.2. The highest BCUT2D eigenvalue weighted by Gasteiger charge is 2.48. The summed E-state index contributed by atoms with van der Waals surface area (Å²) in [6.07, 6.45) is 4.81. The number of aliphatic hydroxyl groups is 2. The Morgan fingerprint density at radius 1 is 0.528 bits per heavy atom. The zero-order chi connectivity index (χ0) is 26.4. The topological polar surface area (TPSA) is 46.9 Å². The molecule has 1 fully saturated rings. The van der Waals surface area contributed by atoms with Crippen LogP contribution < -0.4 is 9.80 Å². The molecule has 2 heterocycles. The van der Waals surface area contributed by atoms with Crippen molar-refractivity contribution in [1.29, 1.82) is 0 Å². The molecule has 1 aliphatic carbocycles. The second-order valence-electron chi connectivity index (χ2n) is 11.6. The van der Waals surface area contributed by atoms with Crippen molar-refractivity contribution < 1.29 is 10.2 Å². The predicted molar refractivity (Wildman–Crippen MR) is 150 cm³/mol. The Balaban J connectivity index is 1.39. The van der Waals surface area contributed by atoms with Gasteiger partial charge in [-0.15, -0.1) is 0 Å². The number of likely N-dealkylation sites (N-methyl/N-ethyl adjacent to an activating group) is 2. The molecule has 0 saturated heterocycles. The van der Waals surface area contributed by atoms with Gasteiger partial charge >= 0.3 is 0 Å². The minimum atomic E-state index is -0.578. The van der Waals surface area contributed by atoms with Crippen LogP contribution in [0.25, 0.3) is 0 Å². The molecule has 0 bridgehead atoms. The van der Waals surface area contributed by atoms with E-state index in [4.69, 9.17) is 0 Å². The molecule has 5 rings (SSSR count). The predicted octanol–water partition coefficient (Wildman–Crippen LogP) is 5.57. The first-order chi connectivity index (χ1) is 16.9. The summed E-state index contributed by atoms with van der Waals surface area (Å²) in [5.41, 5.74) is 18.5. The molecular formula is C32H42N2O2. The number of aliphatic hydroxyl groups excluding tert-OH is 2. The molecule has 1 saturated carbocycles. The first-order valence-corrected chi connectivity index (χ1v) is 13.3. The van der Waals surface area contributed by atoms with Gasteiger partial charge in [-0.2, -0.15) is 0 Å². The summed E-state index contributed by atoms with van der Waals surface area (Å²) in [7, 11) is 4.24. The summed E-state index contributed by atoms with van der Waals surface area (Å²) in [4.78, 5) is 4.54. The van der Waals surface area contributed by atoms with Crippen LogP contribution in [0.3, 0.4) is 0 Å². The number of allylic oxidation sites excluding steroid dienone is 2. The normalized spacial score (nSPS) is 27.2. The molecule has 0 unspecified atom stereocenters. The summed E-state index contributed by atoms with van der Waals surface area (Å²) >= 11 is 0. The lowest BCUT2D eigenvalue weighted by Crippen LogP contribution is -2.54. The maximum Gasteiger partial charge on any atom is 0.0716 e. The van der Waals surface area contributed by atoms with E-state index in [2.05, 4.69) is 91.4 Å². The number of nitrogens with zero attached hydrogens (tertiary/aromatic N) is 2. The fourth-order valence-electron chi connectivity index (χ4n) is 6.92. The lowest BCUT2D eigenvalue weighted by atomic mass is 9.68. The number of anilines is 2. The fraction of sp³-hybridized carbons (Fsp3) is 0.500. The highest BCUT2D eigenvalue weighted by molar-refractivity contribution is 5.75. The zero-order valence-corrected chi connectivity index (χ0v) is 23.7. The van der Waals surface area contributed by atoms with E-state index in [0.717, 1.165) is 12.8 Å². The van der Waals surface area contributed by atoms with Gasteiger partial charge in [0, 0.05) is 61.5 Å². The Morgan fingerprint density at radius 2 is 0.833 bits per heavy atom. The second kappa shape index (κ2) is 8.49. The molecule has 4 heteroatoms. The van der Waals surface area contributed by atoms with Crippen LogP contribution in [0, 0.1) is 67.2 Å². The van der Waals surface area contributed by atoms with Crippen LogP contribution in [0.15, 0.2) is 23.5 Å². The lowest BCUT2D eigenvalue weighted by molar-refractivity contribution is -0.110. The molecular weight excluding hydrogens is 444 g/mol. The molecule has 192 valence electrons. The van der Waals surface area contributed by atoms with E-state index in [1.807, 2.05) is 0 Å². The quantitative estimate of drug-likeness (QED) is 0.582. The summed E-state index contributed by atoms with van der Waals surface area (Å²) in [5, 5.41) is 22.3. The van der Waals surface area contributed by atoms with Crippen LogP contribution in [0.5, 0.6) is 0 Å². The van der Waals surface area contributed by atoms with E-state index in [1.54, 1.807) is 0 Å². The van der Waals surface area contributed by atoms with Crippen molar-refractivity contribution in [2.24, 2.45) is 11.8 Å². The first kappa shape index (κ1) is 25.1. The molecule has 2 N–H and O–H groups in total. The average Bonchev–Trinajstić information content (AvgIpc) is 3.37. The van der Waals surface area contributed by atoms with Gasteiger partial charge in [-0.25, -0.2) is 0 Å². The van der Waals surface area contributed by atoms with Crippen molar-refractivity contribution in [3.8, 4) is 0 Å². The molecule has 0 aromatic heterocycles. The summed E-state index contributed by atoms with van der Waals surface area (Å²) in [5.74, 6) is -0.494. The summed E-state index contributed by atoms with van der Waals surface area (Å²) in [6.45, 7) is 17.7. The largest absolute Gasteiger partial charge is 0.392 e. The molecule has 0 radical (unpaired) electrons. The molecule has 2 aromatic carbocycles. The Morgan fingerprint density at radius 3 is 1.17 bits per heavy atom. The van der Waals surface area contributed by atoms with Gasteiger partial charge in [0.2, 0.25) is 0 Å². The van der Waals surface area contributed by atoms with Crippen molar-refractivity contribution in [3.05, 3.63) is 79.2 Å². The van der Waals surface area contributed by atoms with Gasteiger partial charge in [-0.1, -0.05) is 12.2 Å². The van der Waals surface area contributed by atoms with Crippen LogP contribution >= 0.6 is 0 Å². The van der Waals surface area contributed by atoms with Gasteiger partial charge in [0.25, 0.3) is 0 Å². The third-order valence-electron chi connectivity index (χ3n) is 10.2. The van der Waals surface area contributed by atoms with Crippen LogP contribution in [-0.4, -0.2) is 36.5 Å².